The minimum Gasteiger partial charge on any atom is -0.327 e. The van der Waals surface area contributed by atoms with Crippen LogP contribution in [0.5, 0.6) is 0 Å². The number of rotatable bonds is 1. The SMILES string of the molecule is CC1(C)CN(C2CCc3ccc(F)cc32)CCC1N.Cl. The first-order valence-corrected chi connectivity index (χ1v) is 7.25. The zero-order valence-corrected chi connectivity index (χ0v) is 13.0. The Bertz CT molecular complexity index is 489. The van der Waals surface area contributed by atoms with Crippen molar-refractivity contribution in [1.29, 1.82) is 0 Å². The number of aryl methyl sites for hydroxylation is 1. The molecule has 2 N–H and O–H groups in total. The first-order valence-electron chi connectivity index (χ1n) is 7.25. The molecule has 2 aliphatic rings. The average Bonchev–Trinajstić information content (AvgIpc) is 2.75. The highest BCUT2D eigenvalue weighted by atomic mass is 35.5. The van der Waals surface area contributed by atoms with Gasteiger partial charge in [0.1, 0.15) is 5.82 Å². The van der Waals surface area contributed by atoms with Crippen molar-refractivity contribution in [2.45, 2.75) is 45.2 Å². The van der Waals surface area contributed by atoms with E-state index in [1.165, 1.54) is 11.1 Å². The molecule has 3 rings (SSSR count). The maximum atomic E-state index is 13.5. The molecule has 1 aliphatic heterocycles. The number of piperidine rings is 1. The molecule has 1 saturated heterocycles. The Morgan fingerprint density at radius 1 is 1.30 bits per heavy atom. The Hall–Kier alpha value is -0.640. The molecule has 2 atom stereocenters. The molecule has 112 valence electrons. The predicted octanol–water partition coefficient (Wildman–Crippen LogP) is 3.29. The van der Waals surface area contributed by atoms with Crippen LogP contribution in [0.4, 0.5) is 4.39 Å². The van der Waals surface area contributed by atoms with Gasteiger partial charge in [-0.15, -0.1) is 12.4 Å². The molecule has 0 radical (unpaired) electrons. The van der Waals surface area contributed by atoms with E-state index in [1.807, 2.05) is 6.07 Å². The van der Waals surface area contributed by atoms with Gasteiger partial charge in [-0.2, -0.15) is 0 Å². The summed E-state index contributed by atoms with van der Waals surface area (Å²) >= 11 is 0. The van der Waals surface area contributed by atoms with Gasteiger partial charge in [-0.1, -0.05) is 19.9 Å². The number of hydrogen-bond acceptors (Lipinski definition) is 2. The van der Waals surface area contributed by atoms with Crippen LogP contribution in [0.15, 0.2) is 18.2 Å². The summed E-state index contributed by atoms with van der Waals surface area (Å²) in [5.41, 5.74) is 8.87. The van der Waals surface area contributed by atoms with Gasteiger partial charge >= 0.3 is 0 Å². The minimum atomic E-state index is -0.112. The van der Waals surface area contributed by atoms with Gasteiger partial charge < -0.3 is 5.73 Å². The topological polar surface area (TPSA) is 29.3 Å². The molecule has 0 aromatic heterocycles. The predicted molar refractivity (Wildman–Crippen MR) is 82.7 cm³/mol. The molecule has 1 aromatic carbocycles. The van der Waals surface area contributed by atoms with Crippen molar-refractivity contribution >= 4 is 12.4 Å². The summed E-state index contributed by atoms with van der Waals surface area (Å²) in [4.78, 5) is 2.51. The molecule has 0 spiro atoms. The van der Waals surface area contributed by atoms with E-state index in [2.05, 4.69) is 18.7 Å². The van der Waals surface area contributed by atoms with E-state index in [1.54, 1.807) is 12.1 Å². The van der Waals surface area contributed by atoms with E-state index < -0.39 is 0 Å². The summed E-state index contributed by atoms with van der Waals surface area (Å²) in [5.74, 6) is -0.112. The maximum absolute atomic E-state index is 13.5. The third-order valence-corrected chi connectivity index (χ3v) is 4.94. The second kappa shape index (κ2) is 5.63. The lowest BCUT2D eigenvalue weighted by molar-refractivity contribution is 0.0607. The van der Waals surface area contributed by atoms with Crippen molar-refractivity contribution in [1.82, 2.24) is 4.90 Å². The molecule has 1 aromatic rings. The fourth-order valence-electron chi connectivity index (χ4n) is 3.61. The van der Waals surface area contributed by atoms with Crippen molar-refractivity contribution in [3.05, 3.63) is 35.1 Å². The van der Waals surface area contributed by atoms with E-state index in [0.717, 1.165) is 32.4 Å². The molecule has 2 nitrogen and oxygen atoms in total. The van der Waals surface area contributed by atoms with Crippen LogP contribution in [0.1, 0.15) is 43.9 Å². The smallest absolute Gasteiger partial charge is 0.123 e. The Labute approximate surface area is 126 Å². The Morgan fingerprint density at radius 3 is 2.75 bits per heavy atom. The molecule has 1 fully saturated rings. The zero-order chi connectivity index (χ0) is 13.6. The molecule has 0 bridgehead atoms. The highest BCUT2D eigenvalue weighted by molar-refractivity contribution is 5.85. The Morgan fingerprint density at radius 2 is 2.05 bits per heavy atom. The molecule has 0 amide bonds. The fourth-order valence-corrected chi connectivity index (χ4v) is 3.61. The number of fused-ring (bicyclic) bond motifs is 1. The van der Waals surface area contributed by atoms with E-state index in [0.29, 0.717) is 6.04 Å². The van der Waals surface area contributed by atoms with Crippen molar-refractivity contribution in [3.8, 4) is 0 Å². The molecule has 0 saturated carbocycles. The molecule has 1 heterocycles. The van der Waals surface area contributed by atoms with Crippen LogP contribution in [-0.2, 0) is 6.42 Å². The van der Waals surface area contributed by atoms with Crippen LogP contribution in [0, 0.1) is 11.2 Å². The van der Waals surface area contributed by atoms with Crippen LogP contribution in [0.2, 0.25) is 0 Å². The van der Waals surface area contributed by atoms with E-state index >= 15 is 0 Å². The van der Waals surface area contributed by atoms with Crippen molar-refractivity contribution in [2.24, 2.45) is 11.1 Å². The lowest BCUT2D eigenvalue weighted by Gasteiger charge is -2.45. The highest BCUT2D eigenvalue weighted by Crippen LogP contribution is 2.40. The highest BCUT2D eigenvalue weighted by Gasteiger charge is 2.38. The summed E-state index contributed by atoms with van der Waals surface area (Å²) < 4.78 is 13.5. The van der Waals surface area contributed by atoms with Gasteiger partial charge in [0.05, 0.1) is 0 Å². The number of halogens is 2. The molecular weight excluding hydrogens is 275 g/mol. The van der Waals surface area contributed by atoms with Crippen LogP contribution >= 0.6 is 12.4 Å². The summed E-state index contributed by atoms with van der Waals surface area (Å²) in [6, 6.07) is 5.92. The van der Waals surface area contributed by atoms with Gasteiger partial charge in [-0.3, -0.25) is 4.90 Å². The van der Waals surface area contributed by atoms with Crippen LogP contribution in [-0.4, -0.2) is 24.0 Å². The van der Waals surface area contributed by atoms with Gasteiger partial charge in [0, 0.05) is 25.2 Å². The third kappa shape index (κ3) is 2.72. The molecule has 2 unspecified atom stereocenters. The van der Waals surface area contributed by atoms with Crippen molar-refractivity contribution in [2.75, 3.05) is 13.1 Å². The number of nitrogens with zero attached hydrogens (tertiary/aromatic N) is 1. The first kappa shape index (κ1) is 15.7. The molecule has 4 heteroatoms. The van der Waals surface area contributed by atoms with Gasteiger partial charge in [0.15, 0.2) is 0 Å². The fraction of sp³-hybridized carbons (Fsp3) is 0.625. The lowest BCUT2D eigenvalue weighted by Crippen LogP contribution is -2.52. The Balaban J connectivity index is 0.00000147. The minimum absolute atomic E-state index is 0. The number of hydrogen-bond donors (Lipinski definition) is 1. The van der Waals surface area contributed by atoms with Crippen LogP contribution in [0.25, 0.3) is 0 Å². The Kier molecular flexibility index (Phi) is 4.43. The summed E-state index contributed by atoms with van der Waals surface area (Å²) in [7, 11) is 0. The number of benzene rings is 1. The summed E-state index contributed by atoms with van der Waals surface area (Å²) in [6.07, 6.45) is 3.22. The second-order valence-corrected chi connectivity index (χ2v) is 6.75. The third-order valence-electron chi connectivity index (χ3n) is 4.94. The van der Waals surface area contributed by atoms with Gasteiger partial charge in [-0.25, -0.2) is 4.39 Å². The van der Waals surface area contributed by atoms with E-state index in [-0.39, 0.29) is 29.7 Å². The molecule has 1 aliphatic carbocycles. The molecule has 20 heavy (non-hydrogen) atoms. The van der Waals surface area contributed by atoms with Crippen molar-refractivity contribution < 1.29 is 4.39 Å². The summed E-state index contributed by atoms with van der Waals surface area (Å²) in [5, 5.41) is 0. The largest absolute Gasteiger partial charge is 0.327 e. The van der Waals surface area contributed by atoms with E-state index in [4.69, 9.17) is 5.73 Å². The zero-order valence-electron chi connectivity index (χ0n) is 12.2. The lowest BCUT2D eigenvalue weighted by atomic mass is 9.79. The standard InChI is InChI=1S/C16H23FN2.ClH/c1-16(2)10-19(8-7-15(16)18)14-6-4-11-3-5-12(17)9-13(11)14;/h3,5,9,14-15H,4,6-8,10,18H2,1-2H3;1H. The second-order valence-electron chi connectivity index (χ2n) is 6.75. The number of likely N-dealkylation sites (tertiary alicyclic amines) is 1. The summed E-state index contributed by atoms with van der Waals surface area (Å²) in [6.45, 7) is 6.52. The maximum Gasteiger partial charge on any atom is 0.123 e. The number of nitrogens with two attached hydrogens (primary N) is 1. The average molecular weight is 299 g/mol. The monoisotopic (exact) mass is 298 g/mol. The quantitative estimate of drug-likeness (QED) is 0.862. The van der Waals surface area contributed by atoms with Gasteiger partial charge in [-0.05, 0) is 47.9 Å². The normalized spacial score (nSPS) is 28.8. The molecular formula is C16H24ClFN2. The van der Waals surface area contributed by atoms with Crippen molar-refractivity contribution in [3.63, 3.8) is 0 Å². The van der Waals surface area contributed by atoms with Gasteiger partial charge in [0.2, 0.25) is 0 Å². The van der Waals surface area contributed by atoms with Crippen LogP contribution in [0.3, 0.4) is 0 Å². The van der Waals surface area contributed by atoms with E-state index in [9.17, 15) is 4.39 Å². The van der Waals surface area contributed by atoms with Crippen LogP contribution < -0.4 is 5.73 Å². The first-order chi connectivity index (χ1) is 8.97. The van der Waals surface area contributed by atoms with Gasteiger partial charge in [0.25, 0.3) is 0 Å².